The van der Waals surface area contributed by atoms with Gasteiger partial charge in [0.1, 0.15) is 12.4 Å². The van der Waals surface area contributed by atoms with Crippen molar-refractivity contribution in [1.29, 1.82) is 0 Å². The predicted molar refractivity (Wildman–Crippen MR) is 72.2 cm³/mol. The number of anilines is 1. The number of nitrogens with zero attached hydrogens (tertiary/aromatic N) is 3. The van der Waals surface area contributed by atoms with E-state index in [1.807, 2.05) is 24.3 Å². The third-order valence-electron chi connectivity index (χ3n) is 3.03. The summed E-state index contributed by atoms with van der Waals surface area (Å²) in [6.45, 7) is 0.974. The zero-order chi connectivity index (χ0) is 13.9. The van der Waals surface area contributed by atoms with E-state index in [0.29, 0.717) is 24.5 Å². The Labute approximate surface area is 116 Å². The smallest absolute Gasteiger partial charge is 0.316 e. The molecule has 3 rings (SSSR count). The average molecular weight is 271 g/mol. The molecule has 2 aromatic rings. The number of amides is 1. The maximum atomic E-state index is 12.5. The minimum absolute atomic E-state index is 0.150. The van der Waals surface area contributed by atoms with Gasteiger partial charge < -0.3 is 14.4 Å². The van der Waals surface area contributed by atoms with Crippen LogP contribution in [0.3, 0.4) is 0 Å². The van der Waals surface area contributed by atoms with Gasteiger partial charge in [-0.3, -0.25) is 4.79 Å². The molecule has 20 heavy (non-hydrogen) atoms. The molecule has 0 bridgehead atoms. The maximum Gasteiger partial charge on any atom is 0.316 e. The fourth-order valence-electron chi connectivity index (χ4n) is 2.07. The molecule has 1 amide bonds. The molecule has 0 fully saturated rings. The van der Waals surface area contributed by atoms with Crippen LogP contribution in [0.2, 0.25) is 0 Å². The van der Waals surface area contributed by atoms with E-state index in [4.69, 9.17) is 9.47 Å². The van der Waals surface area contributed by atoms with Gasteiger partial charge in [-0.2, -0.15) is 0 Å². The molecule has 2 heterocycles. The lowest BCUT2D eigenvalue weighted by atomic mass is 10.2. The van der Waals surface area contributed by atoms with Crippen LogP contribution in [-0.4, -0.2) is 36.1 Å². The molecule has 102 valence electrons. The SMILES string of the molecule is COc1ncc(C(=O)N2CCOc3ccccc32)cn1. The molecule has 0 saturated heterocycles. The van der Waals surface area contributed by atoms with Crippen molar-refractivity contribution < 1.29 is 14.3 Å². The van der Waals surface area contributed by atoms with Gasteiger partial charge >= 0.3 is 6.01 Å². The Bertz CT molecular complexity index is 628. The number of ether oxygens (including phenoxy) is 2. The minimum Gasteiger partial charge on any atom is -0.490 e. The van der Waals surface area contributed by atoms with Crippen LogP contribution >= 0.6 is 0 Å². The first-order valence-corrected chi connectivity index (χ1v) is 6.19. The number of carbonyl (C=O) groups excluding carboxylic acids is 1. The third kappa shape index (κ3) is 2.16. The number of para-hydroxylation sites is 2. The monoisotopic (exact) mass is 271 g/mol. The molecule has 1 aliphatic heterocycles. The zero-order valence-corrected chi connectivity index (χ0v) is 10.9. The van der Waals surface area contributed by atoms with E-state index in [1.54, 1.807) is 4.90 Å². The van der Waals surface area contributed by atoms with E-state index >= 15 is 0 Å². The van der Waals surface area contributed by atoms with Crippen LogP contribution in [0, 0.1) is 0 Å². The van der Waals surface area contributed by atoms with E-state index in [0.717, 1.165) is 5.69 Å². The van der Waals surface area contributed by atoms with E-state index in [2.05, 4.69) is 9.97 Å². The van der Waals surface area contributed by atoms with Crippen LogP contribution in [0.15, 0.2) is 36.7 Å². The fourth-order valence-corrected chi connectivity index (χ4v) is 2.07. The first-order valence-electron chi connectivity index (χ1n) is 6.19. The van der Waals surface area contributed by atoms with Gasteiger partial charge in [-0.05, 0) is 12.1 Å². The lowest BCUT2D eigenvalue weighted by Gasteiger charge is -2.29. The van der Waals surface area contributed by atoms with Crippen LogP contribution in [-0.2, 0) is 0 Å². The Kier molecular flexibility index (Phi) is 3.20. The summed E-state index contributed by atoms with van der Waals surface area (Å²) in [5, 5.41) is 0. The molecule has 0 saturated carbocycles. The Morgan fingerprint density at radius 3 is 2.80 bits per heavy atom. The topological polar surface area (TPSA) is 64.5 Å². The lowest BCUT2D eigenvalue weighted by molar-refractivity contribution is 0.0975. The summed E-state index contributed by atoms with van der Waals surface area (Å²) in [6, 6.07) is 7.70. The van der Waals surface area contributed by atoms with Crippen LogP contribution < -0.4 is 14.4 Å². The number of rotatable bonds is 2. The number of hydrogen-bond donors (Lipinski definition) is 0. The van der Waals surface area contributed by atoms with Gasteiger partial charge in [-0.25, -0.2) is 9.97 Å². The molecule has 0 spiro atoms. The molecule has 0 N–H and O–H groups in total. The Morgan fingerprint density at radius 1 is 1.30 bits per heavy atom. The van der Waals surface area contributed by atoms with Gasteiger partial charge in [0.15, 0.2) is 0 Å². The van der Waals surface area contributed by atoms with Crippen molar-refractivity contribution in [3.8, 4) is 11.8 Å². The number of benzene rings is 1. The van der Waals surface area contributed by atoms with Crippen molar-refractivity contribution in [2.24, 2.45) is 0 Å². The largest absolute Gasteiger partial charge is 0.490 e. The van der Waals surface area contributed by atoms with E-state index in [9.17, 15) is 4.79 Å². The number of aromatic nitrogens is 2. The number of hydrogen-bond acceptors (Lipinski definition) is 5. The standard InChI is InChI=1S/C14H13N3O3/c1-19-14-15-8-10(9-16-14)13(18)17-6-7-20-12-5-3-2-4-11(12)17/h2-5,8-9H,6-7H2,1H3. The second kappa shape index (κ2) is 5.16. The van der Waals surface area contributed by atoms with Crippen molar-refractivity contribution in [3.05, 3.63) is 42.2 Å². The molecule has 0 aliphatic carbocycles. The summed E-state index contributed by atoms with van der Waals surface area (Å²) in [7, 11) is 1.48. The lowest BCUT2D eigenvalue weighted by Crippen LogP contribution is -2.38. The van der Waals surface area contributed by atoms with Crippen LogP contribution in [0.5, 0.6) is 11.8 Å². The maximum absolute atomic E-state index is 12.5. The fraction of sp³-hybridized carbons (Fsp3) is 0.214. The van der Waals surface area contributed by atoms with Gasteiger partial charge in [-0.1, -0.05) is 12.1 Å². The summed E-state index contributed by atoms with van der Waals surface area (Å²) >= 11 is 0. The Morgan fingerprint density at radius 2 is 2.05 bits per heavy atom. The Balaban J connectivity index is 1.91. The molecule has 1 aromatic carbocycles. The molecule has 0 atom stereocenters. The first kappa shape index (κ1) is 12.4. The molecule has 6 heteroatoms. The quantitative estimate of drug-likeness (QED) is 0.828. The highest BCUT2D eigenvalue weighted by molar-refractivity contribution is 6.06. The minimum atomic E-state index is -0.150. The second-order valence-corrected chi connectivity index (χ2v) is 4.23. The van der Waals surface area contributed by atoms with E-state index in [-0.39, 0.29) is 11.9 Å². The predicted octanol–water partition coefficient (Wildman–Crippen LogP) is 1.52. The average Bonchev–Trinajstić information content (AvgIpc) is 2.54. The summed E-state index contributed by atoms with van der Waals surface area (Å²) in [4.78, 5) is 22.1. The summed E-state index contributed by atoms with van der Waals surface area (Å²) in [6.07, 6.45) is 2.93. The van der Waals surface area contributed by atoms with Crippen molar-refractivity contribution in [2.75, 3.05) is 25.2 Å². The second-order valence-electron chi connectivity index (χ2n) is 4.23. The highest BCUT2D eigenvalue weighted by Gasteiger charge is 2.24. The van der Waals surface area contributed by atoms with Gasteiger partial charge in [0.25, 0.3) is 5.91 Å². The van der Waals surface area contributed by atoms with Gasteiger partial charge in [0.05, 0.1) is 24.9 Å². The van der Waals surface area contributed by atoms with Crippen LogP contribution in [0.4, 0.5) is 5.69 Å². The van der Waals surface area contributed by atoms with Gasteiger partial charge in [0, 0.05) is 12.4 Å². The molecular weight excluding hydrogens is 258 g/mol. The zero-order valence-electron chi connectivity index (χ0n) is 10.9. The summed E-state index contributed by atoms with van der Waals surface area (Å²) in [5.74, 6) is 0.560. The number of methoxy groups -OCH3 is 1. The molecule has 1 aliphatic rings. The van der Waals surface area contributed by atoms with Crippen molar-refractivity contribution in [2.45, 2.75) is 0 Å². The van der Waals surface area contributed by atoms with Gasteiger partial charge in [0.2, 0.25) is 0 Å². The molecule has 0 radical (unpaired) electrons. The van der Waals surface area contributed by atoms with E-state index in [1.165, 1.54) is 19.5 Å². The third-order valence-corrected chi connectivity index (χ3v) is 3.03. The highest BCUT2D eigenvalue weighted by Crippen LogP contribution is 2.31. The van der Waals surface area contributed by atoms with Gasteiger partial charge in [-0.15, -0.1) is 0 Å². The van der Waals surface area contributed by atoms with E-state index < -0.39 is 0 Å². The summed E-state index contributed by atoms with van der Waals surface area (Å²) < 4.78 is 10.4. The van der Waals surface area contributed by atoms with Crippen LogP contribution in [0.25, 0.3) is 0 Å². The van der Waals surface area contributed by atoms with Crippen molar-refractivity contribution in [1.82, 2.24) is 9.97 Å². The molecule has 0 unspecified atom stereocenters. The molecule has 6 nitrogen and oxygen atoms in total. The molecular formula is C14H13N3O3. The Hall–Kier alpha value is -2.63. The summed E-state index contributed by atoms with van der Waals surface area (Å²) in [5.41, 5.74) is 1.18. The number of fused-ring (bicyclic) bond motifs is 1. The molecule has 1 aromatic heterocycles. The van der Waals surface area contributed by atoms with Crippen LogP contribution in [0.1, 0.15) is 10.4 Å². The van der Waals surface area contributed by atoms with Crippen molar-refractivity contribution >= 4 is 11.6 Å². The van der Waals surface area contributed by atoms with Crippen molar-refractivity contribution in [3.63, 3.8) is 0 Å². The highest BCUT2D eigenvalue weighted by atomic mass is 16.5. The normalized spacial score (nSPS) is 13.3. The first-order chi connectivity index (χ1) is 9.79. The number of carbonyl (C=O) groups is 1.